The molecular weight excluding hydrogens is 326 g/mol. The van der Waals surface area contributed by atoms with Gasteiger partial charge in [0.25, 0.3) is 0 Å². The second-order valence-corrected chi connectivity index (χ2v) is 6.29. The van der Waals surface area contributed by atoms with E-state index in [-0.39, 0.29) is 30.5 Å². The second-order valence-electron chi connectivity index (χ2n) is 6.29. The molecule has 1 aliphatic rings. The van der Waals surface area contributed by atoms with Gasteiger partial charge >= 0.3 is 0 Å². The summed E-state index contributed by atoms with van der Waals surface area (Å²) in [7, 11) is 0. The third kappa shape index (κ3) is 4.63. The summed E-state index contributed by atoms with van der Waals surface area (Å²) >= 11 is 0. The van der Waals surface area contributed by atoms with Crippen LogP contribution in [0.2, 0.25) is 0 Å². The molecule has 1 aliphatic heterocycles. The van der Waals surface area contributed by atoms with Crippen molar-refractivity contribution in [3.05, 3.63) is 53.9 Å². The first-order valence-electron chi connectivity index (χ1n) is 8.54. The molecule has 2 aromatic rings. The fraction of sp³-hybridized carbons (Fsp3) is 0.444. The number of benzene rings is 1. The summed E-state index contributed by atoms with van der Waals surface area (Å²) in [5.41, 5.74) is 0.0144. The number of amides is 1. The number of nitrogens with zero attached hydrogens (tertiary/aromatic N) is 3. The van der Waals surface area contributed by atoms with Crippen molar-refractivity contribution in [2.24, 2.45) is 0 Å². The van der Waals surface area contributed by atoms with Crippen LogP contribution >= 0.6 is 0 Å². The topological polar surface area (TPSA) is 50.2 Å². The minimum absolute atomic E-state index is 0.0144. The standard InChI is InChI=1S/C18H22F2N4O/c19-16-5-1-6-17(20)15(16)7-9-21-18(25)13-23-10-2-4-14(23)12-24-11-3-8-22-24/h1,3,5-6,8,11,14H,2,4,7,9-10,12-13H2,(H,21,25)/t14-/m0/s1. The first kappa shape index (κ1) is 17.5. The molecule has 0 radical (unpaired) electrons. The fourth-order valence-corrected chi connectivity index (χ4v) is 3.27. The van der Waals surface area contributed by atoms with E-state index >= 15 is 0 Å². The Morgan fingerprint density at radius 3 is 2.80 bits per heavy atom. The molecule has 134 valence electrons. The van der Waals surface area contributed by atoms with Gasteiger partial charge in [0.05, 0.1) is 13.1 Å². The summed E-state index contributed by atoms with van der Waals surface area (Å²) in [5, 5.41) is 6.97. The second kappa shape index (κ2) is 8.20. The van der Waals surface area contributed by atoms with Crippen LogP contribution in [0.5, 0.6) is 0 Å². The zero-order valence-corrected chi connectivity index (χ0v) is 14.0. The summed E-state index contributed by atoms with van der Waals surface area (Å²) in [6, 6.07) is 5.96. The van der Waals surface area contributed by atoms with Crippen LogP contribution in [0.25, 0.3) is 0 Å². The van der Waals surface area contributed by atoms with E-state index in [0.29, 0.717) is 6.54 Å². The molecule has 2 heterocycles. The Hall–Kier alpha value is -2.28. The molecule has 1 atom stereocenters. The van der Waals surface area contributed by atoms with E-state index in [1.54, 1.807) is 6.20 Å². The minimum atomic E-state index is -0.576. The number of nitrogens with one attached hydrogen (secondary N) is 1. The van der Waals surface area contributed by atoms with E-state index in [9.17, 15) is 13.6 Å². The molecule has 1 aromatic carbocycles. The average Bonchev–Trinajstić information content (AvgIpc) is 3.23. The molecular formula is C18H22F2N4O. The van der Waals surface area contributed by atoms with Gasteiger partial charge in [0.15, 0.2) is 0 Å². The normalized spacial score (nSPS) is 17.8. The van der Waals surface area contributed by atoms with Crippen molar-refractivity contribution in [1.29, 1.82) is 0 Å². The van der Waals surface area contributed by atoms with Crippen LogP contribution in [0.3, 0.4) is 0 Å². The molecule has 1 amide bonds. The maximum absolute atomic E-state index is 13.6. The Morgan fingerprint density at radius 2 is 2.08 bits per heavy atom. The van der Waals surface area contributed by atoms with Crippen molar-refractivity contribution in [3.63, 3.8) is 0 Å². The number of hydrogen-bond donors (Lipinski definition) is 1. The van der Waals surface area contributed by atoms with Gasteiger partial charge in [-0.2, -0.15) is 5.10 Å². The maximum atomic E-state index is 13.6. The van der Waals surface area contributed by atoms with Gasteiger partial charge in [-0.15, -0.1) is 0 Å². The van der Waals surface area contributed by atoms with E-state index in [1.807, 2.05) is 16.9 Å². The summed E-state index contributed by atoms with van der Waals surface area (Å²) in [4.78, 5) is 14.3. The molecule has 0 spiro atoms. The van der Waals surface area contributed by atoms with E-state index in [0.717, 1.165) is 25.9 Å². The Balaban J connectivity index is 1.45. The molecule has 0 saturated carbocycles. The van der Waals surface area contributed by atoms with Gasteiger partial charge in [0.1, 0.15) is 11.6 Å². The van der Waals surface area contributed by atoms with Crippen LogP contribution in [0, 0.1) is 11.6 Å². The predicted octanol–water partition coefficient (Wildman–Crippen LogP) is 1.98. The lowest BCUT2D eigenvalue weighted by Crippen LogP contribution is -2.41. The largest absolute Gasteiger partial charge is 0.355 e. The molecule has 0 unspecified atom stereocenters. The van der Waals surface area contributed by atoms with Crippen LogP contribution in [-0.4, -0.2) is 46.3 Å². The van der Waals surface area contributed by atoms with Gasteiger partial charge in [-0.05, 0) is 44.0 Å². The van der Waals surface area contributed by atoms with Crippen molar-refractivity contribution in [2.45, 2.75) is 31.8 Å². The van der Waals surface area contributed by atoms with Crippen LogP contribution in [-0.2, 0) is 17.8 Å². The van der Waals surface area contributed by atoms with E-state index in [2.05, 4.69) is 15.3 Å². The SMILES string of the molecule is O=C(CN1CCC[C@H]1Cn1cccn1)NCCc1c(F)cccc1F. The van der Waals surface area contributed by atoms with E-state index < -0.39 is 11.6 Å². The van der Waals surface area contributed by atoms with Crippen LogP contribution in [0.4, 0.5) is 8.78 Å². The number of halogens is 2. The van der Waals surface area contributed by atoms with Crippen molar-refractivity contribution >= 4 is 5.91 Å². The number of likely N-dealkylation sites (tertiary alicyclic amines) is 1. The lowest BCUT2D eigenvalue weighted by Gasteiger charge is -2.23. The number of carbonyl (C=O) groups excluding carboxylic acids is 1. The highest BCUT2D eigenvalue weighted by Gasteiger charge is 2.26. The highest BCUT2D eigenvalue weighted by molar-refractivity contribution is 5.78. The lowest BCUT2D eigenvalue weighted by molar-refractivity contribution is -0.122. The molecule has 0 bridgehead atoms. The van der Waals surface area contributed by atoms with Gasteiger partial charge in [0, 0.05) is 30.5 Å². The smallest absolute Gasteiger partial charge is 0.234 e. The van der Waals surface area contributed by atoms with Crippen LogP contribution in [0.1, 0.15) is 18.4 Å². The highest BCUT2D eigenvalue weighted by Crippen LogP contribution is 2.18. The predicted molar refractivity (Wildman–Crippen MR) is 89.9 cm³/mol. The van der Waals surface area contributed by atoms with Gasteiger partial charge in [-0.1, -0.05) is 6.07 Å². The molecule has 5 nitrogen and oxygen atoms in total. The Bertz CT molecular complexity index is 685. The number of rotatable bonds is 7. The number of aromatic nitrogens is 2. The third-order valence-electron chi connectivity index (χ3n) is 4.56. The van der Waals surface area contributed by atoms with Gasteiger partial charge in [-0.3, -0.25) is 14.4 Å². The van der Waals surface area contributed by atoms with Crippen molar-refractivity contribution in [1.82, 2.24) is 20.0 Å². The maximum Gasteiger partial charge on any atom is 0.234 e. The first-order valence-corrected chi connectivity index (χ1v) is 8.54. The molecule has 1 saturated heterocycles. The zero-order valence-electron chi connectivity index (χ0n) is 14.0. The molecule has 7 heteroatoms. The van der Waals surface area contributed by atoms with Gasteiger partial charge in [0.2, 0.25) is 5.91 Å². The third-order valence-corrected chi connectivity index (χ3v) is 4.56. The molecule has 0 aliphatic carbocycles. The Morgan fingerprint density at radius 1 is 1.28 bits per heavy atom. The summed E-state index contributed by atoms with van der Waals surface area (Å²) in [6.45, 7) is 2.15. The highest BCUT2D eigenvalue weighted by atomic mass is 19.1. The zero-order chi connectivity index (χ0) is 17.6. The number of carbonyl (C=O) groups is 1. The minimum Gasteiger partial charge on any atom is -0.355 e. The van der Waals surface area contributed by atoms with Crippen molar-refractivity contribution < 1.29 is 13.6 Å². The van der Waals surface area contributed by atoms with Crippen molar-refractivity contribution in [2.75, 3.05) is 19.6 Å². The summed E-state index contributed by atoms with van der Waals surface area (Å²) < 4.78 is 29.0. The molecule has 1 aromatic heterocycles. The van der Waals surface area contributed by atoms with Crippen LogP contribution in [0.15, 0.2) is 36.7 Å². The van der Waals surface area contributed by atoms with Crippen LogP contribution < -0.4 is 5.32 Å². The molecule has 25 heavy (non-hydrogen) atoms. The molecule has 1 fully saturated rings. The van der Waals surface area contributed by atoms with Crippen molar-refractivity contribution in [3.8, 4) is 0 Å². The Labute approximate surface area is 145 Å². The van der Waals surface area contributed by atoms with E-state index in [1.165, 1.54) is 18.2 Å². The summed E-state index contributed by atoms with van der Waals surface area (Å²) in [6.07, 6.45) is 5.89. The monoisotopic (exact) mass is 348 g/mol. The Kier molecular flexibility index (Phi) is 5.75. The van der Waals surface area contributed by atoms with Gasteiger partial charge < -0.3 is 5.32 Å². The van der Waals surface area contributed by atoms with Gasteiger partial charge in [-0.25, -0.2) is 8.78 Å². The average molecular weight is 348 g/mol. The van der Waals surface area contributed by atoms with E-state index in [4.69, 9.17) is 0 Å². The lowest BCUT2D eigenvalue weighted by atomic mass is 10.1. The quantitative estimate of drug-likeness (QED) is 0.832. The number of hydrogen-bond acceptors (Lipinski definition) is 3. The molecule has 1 N–H and O–H groups in total. The first-order chi connectivity index (χ1) is 12.1. The fourth-order valence-electron chi connectivity index (χ4n) is 3.27. The molecule has 3 rings (SSSR count). The summed E-state index contributed by atoms with van der Waals surface area (Å²) in [5.74, 6) is -1.27.